The van der Waals surface area contributed by atoms with E-state index in [1.807, 2.05) is 4.90 Å². The number of piperazine rings is 1. The Hall–Kier alpha value is -2.02. The van der Waals surface area contributed by atoms with Gasteiger partial charge in [0.25, 0.3) is 5.91 Å². The third kappa shape index (κ3) is 3.72. The van der Waals surface area contributed by atoms with Crippen LogP contribution >= 0.6 is 0 Å². The van der Waals surface area contributed by atoms with Crippen LogP contribution in [0.4, 0.5) is 0 Å². The average molecular weight is 334 g/mol. The van der Waals surface area contributed by atoms with Gasteiger partial charge >= 0.3 is 0 Å². The number of aliphatic imine (C=N–C) groups is 1. The van der Waals surface area contributed by atoms with Gasteiger partial charge in [0, 0.05) is 45.7 Å². The molecule has 2 unspecified atom stereocenters. The van der Waals surface area contributed by atoms with E-state index < -0.39 is 0 Å². The first-order valence-corrected chi connectivity index (χ1v) is 8.65. The highest BCUT2D eigenvalue weighted by molar-refractivity contribution is 5.91. The minimum absolute atomic E-state index is 0.0586. The van der Waals surface area contributed by atoms with Gasteiger partial charge in [0.1, 0.15) is 0 Å². The first-order chi connectivity index (χ1) is 11.7. The fourth-order valence-corrected chi connectivity index (χ4v) is 3.49. The lowest BCUT2D eigenvalue weighted by Gasteiger charge is -2.36. The highest BCUT2D eigenvalue weighted by Crippen LogP contribution is 2.24. The van der Waals surface area contributed by atoms with Crippen LogP contribution in [0.3, 0.4) is 0 Å². The van der Waals surface area contributed by atoms with E-state index >= 15 is 0 Å². The third-order valence-electron chi connectivity index (χ3n) is 4.95. The lowest BCUT2D eigenvalue weighted by molar-refractivity contribution is 0.0657. The number of aliphatic hydroxyl groups is 1. The summed E-state index contributed by atoms with van der Waals surface area (Å²) in [5.41, 5.74) is 0. The number of carbonyl (C=O) groups is 1. The standard InChI is InChI=1S/C17H26N4O3/c1-18-17(19-12-13-4-2-5-14(13)22)21-9-7-20(8-10-21)16(23)15-6-3-11-24-15/h3,6,11,13-14,22H,2,4-5,7-10,12H2,1H3,(H,18,19). The summed E-state index contributed by atoms with van der Waals surface area (Å²) in [6.07, 6.45) is 4.39. The Balaban J connectivity index is 1.48. The first-order valence-electron chi connectivity index (χ1n) is 8.65. The van der Waals surface area contributed by atoms with E-state index in [1.165, 1.54) is 6.26 Å². The number of guanidine groups is 1. The number of rotatable bonds is 3. The maximum absolute atomic E-state index is 12.3. The molecule has 2 atom stereocenters. The molecule has 7 nitrogen and oxygen atoms in total. The molecule has 0 aromatic carbocycles. The molecule has 1 saturated heterocycles. The molecular formula is C17H26N4O3. The predicted octanol–water partition coefficient (Wildman–Crippen LogP) is 0.774. The first kappa shape index (κ1) is 16.8. The lowest BCUT2D eigenvalue weighted by Crippen LogP contribution is -2.54. The van der Waals surface area contributed by atoms with Crippen molar-refractivity contribution < 1.29 is 14.3 Å². The molecule has 0 radical (unpaired) electrons. The van der Waals surface area contributed by atoms with Crippen molar-refractivity contribution in [3.8, 4) is 0 Å². The third-order valence-corrected chi connectivity index (χ3v) is 4.95. The number of carbonyl (C=O) groups excluding carboxylic acids is 1. The second-order valence-corrected chi connectivity index (χ2v) is 6.44. The van der Waals surface area contributed by atoms with E-state index in [2.05, 4.69) is 15.2 Å². The fourth-order valence-electron chi connectivity index (χ4n) is 3.49. The summed E-state index contributed by atoms with van der Waals surface area (Å²) in [4.78, 5) is 20.6. The normalized spacial score (nSPS) is 25.2. The molecule has 1 aromatic rings. The zero-order valence-corrected chi connectivity index (χ0v) is 14.1. The van der Waals surface area contributed by atoms with Crippen molar-refractivity contribution in [2.45, 2.75) is 25.4 Å². The van der Waals surface area contributed by atoms with Crippen LogP contribution in [0.5, 0.6) is 0 Å². The summed E-state index contributed by atoms with van der Waals surface area (Å²) < 4.78 is 5.18. The van der Waals surface area contributed by atoms with Crippen molar-refractivity contribution in [2.75, 3.05) is 39.8 Å². The molecule has 2 fully saturated rings. The molecule has 1 saturated carbocycles. The molecule has 1 aliphatic carbocycles. The van der Waals surface area contributed by atoms with Crippen LogP contribution in [-0.2, 0) is 0 Å². The summed E-state index contributed by atoms with van der Waals surface area (Å²) in [5, 5.41) is 13.3. The molecule has 3 rings (SSSR count). The SMILES string of the molecule is CN=C(NCC1CCCC1O)N1CCN(C(=O)c2ccco2)CC1. The predicted molar refractivity (Wildman–Crippen MR) is 90.9 cm³/mol. The summed E-state index contributed by atoms with van der Waals surface area (Å²) in [7, 11) is 1.77. The van der Waals surface area contributed by atoms with E-state index in [0.717, 1.165) is 44.9 Å². The Morgan fingerprint density at radius 2 is 2.08 bits per heavy atom. The van der Waals surface area contributed by atoms with Crippen LogP contribution in [0.1, 0.15) is 29.8 Å². The Labute approximate surface area is 142 Å². The topological polar surface area (TPSA) is 81.3 Å². The Bertz CT molecular complexity index is 564. The Morgan fingerprint density at radius 3 is 2.67 bits per heavy atom. The van der Waals surface area contributed by atoms with Gasteiger partial charge in [-0.1, -0.05) is 6.42 Å². The average Bonchev–Trinajstić information content (AvgIpc) is 3.27. The van der Waals surface area contributed by atoms with Crippen LogP contribution in [0.15, 0.2) is 27.8 Å². The van der Waals surface area contributed by atoms with Crippen LogP contribution in [0.2, 0.25) is 0 Å². The van der Waals surface area contributed by atoms with Crippen LogP contribution < -0.4 is 5.32 Å². The number of nitrogens with zero attached hydrogens (tertiary/aromatic N) is 3. The largest absolute Gasteiger partial charge is 0.459 e. The summed E-state index contributed by atoms with van der Waals surface area (Å²) >= 11 is 0. The molecule has 24 heavy (non-hydrogen) atoms. The maximum atomic E-state index is 12.3. The molecule has 7 heteroatoms. The van der Waals surface area contributed by atoms with Crippen LogP contribution in [0, 0.1) is 5.92 Å². The zero-order valence-electron chi connectivity index (χ0n) is 14.1. The number of amides is 1. The highest BCUT2D eigenvalue weighted by Gasteiger charge is 2.27. The van der Waals surface area contributed by atoms with Crippen LogP contribution in [0.25, 0.3) is 0 Å². The van der Waals surface area contributed by atoms with Crippen molar-refractivity contribution in [1.29, 1.82) is 0 Å². The number of aliphatic hydroxyl groups excluding tert-OH is 1. The van der Waals surface area contributed by atoms with Gasteiger partial charge in [-0.05, 0) is 25.0 Å². The number of furan rings is 1. The molecule has 2 aliphatic rings. The molecule has 0 bridgehead atoms. The van der Waals surface area contributed by atoms with E-state index in [9.17, 15) is 9.90 Å². The number of hydrogen-bond donors (Lipinski definition) is 2. The molecule has 2 N–H and O–H groups in total. The lowest BCUT2D eigenvalue weighted by atomic mass is 10.1. The molecule has 0 spiro atoms. The summed E-state index contributed by atoms with van der Waals surface area (Å²) in [5.74, 6) is 1.49. The molecule has 2 heterocycles. The number of nitrogens with one attached hydrogen (secondary N) is 1. The van der Waals surface area contributed by atoms with Gasteiger partial charge in [-0.3, -0.25) is 9.79 Å². The van der Waals surface area contributed by atoms with Crippen molar-refractivity contribution >= 4 is 11.9 Å². The number of hydrogen-bond acceptors (Lipinski definition) is 4. The van der Waals surface area contributed by atoms with E-state index in [-0.39, 0.29) is 12.0 Å². The zero-order chi connectivity index (χ0) is 16.9. The maximum Gasteiger partial charge on any atom is 0.289 e. The van der Waals surface area contributed by atoms with Gasteiger partial charge in [0.2, 0.25) is 0 Å². The highest BCUT2D eigenvalue weighted by atomic mass is 16.3. The van der Waals surface area contributed by atoms with E-state index in [4.69, 9.17) is 4.42 Å². The van der Waals surface area contributed by atoms with E-state index in [1.54, 1.807) is 19.2 Å². The minimum Gasteiger partial charge on any atom is -0.459 e. The minimum atomic E-state index is -0.196. The summed E-state index contributed by atoms with van der Waals surface area (Å²) in [6.45, 7) is 3.51. The van der Waals surface area contributed by atoms with Gasteiger partial charge in [-0.2, -0.15) is 0 Å². The van der Waals surface area contributed by atoms with Crippen molar-refractivity contribution in [1.82, 2.24) is 15.1 Å². The Kier molecular flexibility index (Phi) is 5.40. The van der Waals surface area contributed by atoms with Crippen molar-refractivity contribution in [2.24, 2.45) is 10.9 Å². The smallest absolute Gasteiger partial charge is 0.289 e. The van der Waals surface area contributed by atoms with Gasteiger partial charge in [0.05, 0.1) is 12.4 Å². The molecule has 132 valence electrons. The fraction of sp³-hybridized carbons (Fsp3) is 0.647. The quantitative estimate of drug-likeness (QED) is 0.630. The van der Waals surface area contributed by atoms with E-state index in [0.29, 0.717) is 24.8 Å². The van der Waals surface area contributed by atoms with Gasteiger partial charge in [-0.15, -0.1) is 0 Å². The molecule has 1 amide bonds. The van der Waals surface area contributed by atoms with Gasteiger partial charge < -0.3 is 24.6 Å². The monoisotopic (exact) mass is 334 g/mol. The Morgan fingerprint density at radius 1 is 1.33 bits per heavy atom. The van der Waals surface area contributed by atoms with Gasteiger partial charge in [-0.25, -0.2) is 0 Å². The molecular weight excluding hydrogens is 308 g/mol. The van der Waals surface area contributed by atoms with Crippen molar-refractivity contribution in [3.63, 3.8) is 0 Å². The molecule has 1 aliphatic heterocycles. The summed E-state index contributed by atoms with van der Waals surface area (Å²) in [6, 6.07) is 3.43. The van der Waals surface area contributed by atoms with Crippen molar-refractivity contribution in [3.05, 3.63) is 24.2 Å². The van der Waals surface area contributed by atoms with Crippen LogP contribution in [-0.4, -0.2) is 72.6 Å². The van der Waals surface area contributed by atoms with Gasteiger partial charge in [0.15, 0.2) is 11.7 Å². The second-order valence-electron chi connectivity index (χ2n) is 6.44. The second kappa shape index (κ2) is 7.70. The molecule has 1 aromatic heterocycles.